The van der Waals surface area contributed by atoms with Crippen LogP contribution in [0.1, 0.15) is 29.7 Å². The summed E-state index contributed by atoms with van der Waals surface area (Å²) in [4.78, 5) is 0. The molecule has 0 amide bonds. The van der Waals surface area contributed by atoms with Crippen molar-refractivity contribution in [1.82, 2.24) is 5.32 Å². The number of hydrogen-bond donors (Lipinski definition) is 2. The molecular weight excluding hydrogens is 440 g/mol. The van der Waals surface area contributed by atoms with Crippen LogP contribution in [0.25, 0.3) is 0 Å². The Morgan fingerprint density at radius 1 is 1.00 bits per heavy atom. The van der Waals surface area contributed by atoms with Gasteiger partial charge in [0.25, 0.3) is 0 Å². The van der Waals surface area contributed by atoms with E-state index in [9.17, 15) is 9.50 Å². The monoisotopic (exact) mass is 463 g/mol. The first-order chi connectivity index (χ1) is 15.0. The van der Waals surface area contributed by atoms with Gasteiger partial charge in [-0.1, -0.05) is 59.6 Å². The van der Waals surface area contributed by atoms with Crippen LogP contribution in [-0.2, 0) is 13.2 Å². The van der Waals surface area contributed by atoms with E-state index < -0.39 is 11.9 Å². The lowest BCUT2D eigenvalue weighted by molar-refractivity contribution is 0.174. The van der Waals surface area contributed by atoms with Crippen LogP contribution >= 0.6 is 23.2 Å². The molecule has 0 unspecified atom stereocenters. The fourth-order valence-electron chi connectivity index (χ4n) is 3.09. The second-order valence-corrected chi connectivity index (χ2v) is 7.70. The van der Waals surface area contributed by atoms with Crippen LogP contribution in [0.4, 0.5) is 4.39 Å². The molecule has 0 saturated heterocycles. The summed E-state index contributed by atoms with van der Waals surface area (Å²) in [6.45, 7) is 3.05. The fourth-order valence-corrected chi connectivity index (χ4v) is 3.59. The van der Waals surface area contributed by atoms with E-state index in [1.807, 2.05) is 43.3 Å². The van der Waals surface area contributed by atoms with Crippen molar-refractivity contribution in [2.24, 2.45) is 0 Å². The molecule has 3 aromatic rings. The van der Waals surface area contributed by atoms with Gasteiger partial charge in [-0.15, -0.1) is 0 Å². The van der Waals surface area contributed by atoms with Gasteiger partial charge in [0.15, 0.2) is 11.5 Å². The first kappa shape index (κ1) is 23.4. The SMILES string of the molecule is CCOc1cc(CNC[C@H](O)c2ccccc2)cc(Cl)c1OCc1c(F)cccc1Cl. The highest BCUT2D eigenvalue weighted by molar-refractivity contribution is 6.32. The standard InChI is InChI=1S/C24H24Cl2FNO3/c1-2-30-23-12-16(13-28-14-22(29)17-7-4-3-5-8-17)11-20(26)24(23)31-15-18-19(25)9-6-10-21(18)27/h3-12,22,28-29H,2,13-15H2,1H3/t22-/m0/s1. The maximum absolute atomic E-state index is 14.0. The summed E-state index contributed by atoms with van der Waals surface area (Å²) >= 11 is 12.5. The Bertz CT molecular complexity index is 981. The Kier molecular flexibility index (Phi) is 8.55. The number of benzene rings is 3. The number of rotatable bonds is 10. The van der Waals surface area contributed by atoms with E-state index >= 15 is 0 Å². The van der Waals surface area contributed by atoms with Crippen molar-refractivity contribution in [3.8, 4) is 11.5 Å². The molecule has 0 saturated carbocycles. The molecule has 164 valence electrons. The Morgan fingerprint density at radius 2 is 1.77 bits per heavy atom. The second-order valence-electron chi connectivity index (χ2n) is 6.88. The lowest BCUT2D eigenvalue weighted by Crippen LogP contribution is -2.21. The van der Waals surface area contributed by atoms with Gasteiger partial charge in [-0.3, -0.25) is 0 Å². The summed E-state index contributed by atoms with van der Waals surface area (Å²) in [5.41, 5.74) is 1.96. The Labute approximate surface area is 191 Å². The number of ether oxygens (including phenoxy) is 2. The minimum Gasteiger partial charge on any atom is -0.490 e. The molecule has 0 bridgehead atoms. The molecule has 7 heteroatoms. The van der Waals surface area contributed by atoms with Crippen LogP contribution < -0.4 is 14.8 Å². The van der Waals surface area contributed by atoms with E-state index in [0.717, 1.165) is 11.1 Å². The molecule has 0 aliphatic rings. The van der Waals surface area contributed by atoms with E-state index in [2.05, 4.69) is 5.32 Å². The second kappa shape index (κ2) is 11.3. The van der Waals surface area contributed by atoms with Crippen LogP contribution in [0, 0.1) is 5.82 Å². The van der Waals surface area contributed by atoms with E-state index in [0.29, 0.717) is 36.2 Å². The molecule has 0 aliphatic heterocycles. The summed E-state index contributed by atoms with van der Waals surface area (Å²) in [6.07, 6.45) is -0.615. The molecule has 3 aromatic carbocycles. The third-order valence-corrected chi connectivity index (χ3v) is 5.28. The van der Waals surface area contributed by atoms with Gasteiger partial charge < -0.3 is 19.9 Å². The molecular formula is C24H24Cl2FNO3. The molecule has 1 atom stereocenters. The highest BCUT2D eigenvalue weighted by atomic mass is 35.5. The lowest BCUT2D eigenvalue weighted by atomic mass is 10.1. The number of halogens is 3. The van der Waals surface area contributed by atoms with Gasteiger partial charge in [-0.05, 0) is 42.3 Å². The van der Waals surface area contributed by atoms with Gasteiger partial charge in [0.2, 0.25) is 0 Å². The minimum absolute atomic E-state index is 0.0772. The van der Waals surface area contributed by atoms with E-state index in [1.165, 1.54) is 12.1 Å². The van der Waals surface area contributed by atoms with Gasteiger partial charge in [0.05, 0.1) is 22.8 Å². The van der Waals surface area contributed by atoms with Crippen molar-refractivity contribution in [2.75, 3.05) is 13.2 Å². The molecule has 4 nitrogen and oxygen atoms in total. The van der Waals surface area contributed by atoms with Crippen LogP contribution in [0.2, 0.25) is 10.0 Å². The molecule has 3 rings (SSSR count). The zero-order chi connectivity index (χ0) is 22.2. The number of hydrogen-bond acceptors (Lipinski definition) is 4. The first-order valence-corrected chi connectivity index (χ1v) is 10.7. The van der Waals surface area contributed by atoms with Crippen molar-refractivity contribution >= 4 is 23.2 Å². The van der Waals surface area contributed by atoms with Crippen molar-refractivity contribution in [3.63, 3.8) is 0 Å². The molecule has 0 spiro atoms. The van der Waals surface area contributed by atoms with Gasteiger partial charge in [0.1, 0.15) is 12.4 Å². The summed E-state index contributed by atoms with van der Waals surface area (Å²) in [5.74, 6) is 0.346. The predicted octanol–water partition coefficient (Wildman–Crippen LogP) is 5.93. The third kappa shape index (κ3) is 6.34. The summed E-state index contributed by atoms with van der Waals surface area (Å²) < 4.78 is 25.5. The van der Waals surface area contributed by atoms with Crippen molar-refractivity contribution in [3.05, 3.63) is 93.2 Å². The van der Waals surface area contributed by atoms with Crippen molar-refractivity contribution in [1.29, 1.82) is 0 Å². The van der Waals surface area contributed by atoms with Crippen LogP contribution in [-0.4, -0.2) is 18.3 Å². The maximum atomic E-state index is 14.0. The van der Waals surface area contributed by atoms with E-state index in [4.69, 9.17) is 32.7 Å². The van der Waals surface area contributed by atoms with Gasteiger partial charge in [-0.2, -0.15) is 0 Å². The first-order valence-electron chi connectivity index (χ1n) is 9.94. The zero-order valence-electron chi connectivity index (χ0n) is 17.1. The van der Waals surface area contributed by atoms with Crippen molar-refractivity contribution < 1.29 is 19.0 Å². The average Bonchev–Trinajstić information content (AvgIpc) is 2.75. The van der Waals surface area contributed by atoms with E-state index in [-0.39, 0.29) is 17.2 Å². The highest BCUT2D eigenvalue weighted by Crippen LogP contribution is 2.37. The van der Waals surface area contributed by atoms with E-state index in [1.54, 1.807) is 12.1 Å². The maximum Gasteiger partial charge on any atom is 0.180 e. The smallest absolute Gasteiger partial charge is 0.180 e. The normalized spacial score (nSPS) is 11.9. The average molecular weight is 464 g/mol. The van der Waals surface area contributed by atoms with Gasteiger partial charge in [0, 0.05) is 18.7 Å². The molecule has 0 aromatic heterocycles. The summed E-state index contributed by atoms with van der Waals surface area (Å²) in [5, 5.41) is 14.1. The summed E-state index contributed by atoms with van der Waals surface area (Å²) in [6, 6.07) is 17.5. The molecule has 0 heterocycles. The fraction of sp³-hybridized carbons (Fsp3) is 0.250. The Balaban J connectivity index is 1.68. The Hall–Kier alpha value is -2.31. The van der Waals surface area contributed by atoms with Crippen molar-refractivity contribution in [2.45, 2.75) is 26.2 Å². The zero-order valence-corrected chi connectivity index (χ0v) is 18.6. The predicted molar refractivity (Wildman–Crippen MR) is 121 cm³/mol. The molecule has 0 fully saturated rings. The van der Waals surface area contributed by atoms with Crippen LogP contribution in [0.3, 0.4) is 0 Å². The largest absolute Gasteiger partial charge is 0.490 e. The highest BCUT2D eigenvalue weighted by Gasteiger charge is 2.15. The molecule has 0 radical (unpaired) electrons. The molecule has 2 N–H and O–H groups in total. The summed E-state index contributed by atoms with van der Waals surface area (Å²) in [7, 11) is 0. The number of nitrogens with one attached hydrogen (secondary N) is 1. The van der Waals surface area contributed by atoms with Gasteiger partial charge >= 0.3 is 0 Å². The van der Waals surface area contributed by atoms with Crippen LogP contribution in [0.15, 0.2) is 60.7 Å². The topological polar surface area (TPSA) is 50.7 Å². The molecule has 0 aliphatic carbocycles. The van der Waals surface area contributed by atoms with Gasteiger partial charge in [-0.25, -0.2) is 4.39 Å². The van der Waals surface area contributed by atoms with Crippen LogP contribution in [0.5, 0.6) is 11.5 Å². The molecule has 31 heavy (non-hydrogen) atoms. The lowest BCUT2D eigenvalue weighted by Gasteiger charge is -2.17. The quantitative estimate of drug-likeness (QED) is 0.390. The number of aliphatic hydroxyl groups is 1. The third-order valence-electron chi connectivity index (χ3n) is 4.64. The minimum atomic E-state index is -0.615. The Morgan fingerprint density at radius 3 is 2.48 bits per heavy atom. The number of aliphatic hydroxyl groups excluding tert-OH is 1.